The number of hydroxylamine groups is 1. The average Bonchev–Trinajstić information content (AvgIpc) is 3.10. The number of ether oxygens (including phenoxy) is 1. The number of rotatable bonds is 2. The van der Waals surface area contributed by atoms with Crippen LogP contribution in [0, 0.1) is 5.92 Å². The Morgan fingerprint density at radius 1 is 1.00 bits per heavy atom. The van der Waals surface area contributed by atoms with Crippen molar-refractivity contribution in [2.24, 2.45) is 5.92 Å². The molecule has 0 aromatic heterocycles. The summed E-state index contributed by atoms with van der Waals surface area (Å²) in [5, 5.41) is 1.98. The zero-order valence-corrected chi connectivity index (χ0v) is 12.1. The fraction of sp³-hybridized carbons (Fsp3) is 0.333. The molecule has 2 aliphatic rings. The van der Waals surface area contributed by atoms with Gasteiger partial charge in [0.15, 0.2) is 5.72 Å². The molecule has 2 saturated heterocycles. The summed E-state index contributed by atoms with van der Waals surface area (Å²) in [5.41, 5.74) is 1.71. The van der Waals surface area contributed by atoms with Crippen LogP contribution in [0.4, 0.5) is 5.69 Å². The largest absolute Gasteiger partial charge is 0.349 e. The predicted octanol–water partition coefficient (Wildman–Crippen LogP) is 3.72. The van der Waals surface area contributed by atoms with Crippen LogP contribution in [-0.2, 0) is 15.3 Å². The van der Waals surface area contributed by atoms with Gasteiger partial charge >= 0.3 is 0 Å². The molecule has 108 valence electrons. The standard InChI is InChI=1S/C18H19NO2/c1-14-17-12-13-20-18(17,15-8-4-2-5-9-15)19(21-14)16-10-6-3-7-11-16/h2-11,14,17H,12-13H2,1H3/t14-,17+,18+/m1/s1. The fourth-order valence-electron chi connectivity index (χ4n) is 3.63. The molecular weight excluding hydrogens is 262 g/mol. The summed E-state index contributed by atoms with van der Waals surface area (Å²) >= 11 is 0. The Kier molecular flexibility index (Phi) is 2.98. The second kappa shape index (κ2) is 4.86. The summed E-state index contributed by atoms with van der Waals surface area (Å²) < 4.78 is 6.29. The van der Waals surface area contributed by atoms with Crippen molar-refractivity contribution >= 4 is 5.69 Å². The molecule has 0 unspecified atom stereocenters. The molecule has 0 amide bonds. The van der Waals surface area contributed by atoms with Gasteiger partial charge in [0.2, 0.25) is 0 Å². The van der Waals surface area contributed by atoms with Gasteiger partial charge in [0.1, 0.15) is 0 Å². The molecule has 0 bridgehead atoms. The molecule has 4 rings (SSSR count). The molecule has 21 heavy (non-hydrogen) atoms. The first kappa shape index (κ1) is 12.9. The SMILES string of the molecule is C[C@H]1ON(c2ccccc2)[C@@]2(c3ccccc3)OCC[C@@H]12. The third-order valence-electron chi connectivity index (χ3n) is 4.57. The van der Waals surface area contributed by atoms with E-state index < -0.39 is 5.72 Å². The zero-order chi connectivity index (χ0) is 14.3. The van der Waals surface area contributed by atoms with E-state index in [0.717, 1.165) is 18.7 Å². The van der Waals surface area contributed by atoms with Crippen LogP contribution in [0.25, 0.3) is 0 Å². The number of benzene rings is 2. The highest BCUT2D eigenvalue weighted by atomic mass is 16.7. The van der Waals surface area contributed by atoms with Crippen LogP contribution in [0.3, 0.4) is 0 Å². The summed E-state index contributed by atoms with van der Waals surface area (Å²) in [6.07, 6.45) is 1.17. The zero-order valence-electron chi connectivity index (χ0n) is 12.1. The van der Waals surface area contributed by atoms with Crippen LogP contribution in [-0.4, -0.2) is 12.7 Å². The van der Waals surface area contributed by atoms with E-state index in [9.17, 15) is 0 Å². The van der Waals surface area contributed by atoms with E-state index >= 15 is 0 Å². The summed E-state index contributed by atoms with van der Waals surface area (Å²) in [7, 11) is 0. The molecule has 0 saturated carbocycles. The Morgan fingerprint density at radius 2 is 1.67 bits per heavy atom. The third-order valence-corrected chi connectivity index (χ3v) is 4.57. The Morgan fingerprint density at radius 3 is 2.38 bits per heavy atom. The van der Waals surface area contributed by atoms with E-state index in [1.54, 1.807) is 0 Å². The number of fused-ring (bicyclic) bond motifs is 1. The number of para-hydroxylation sites is 1. The van der Waals surface area contributed by atoms with Crippen LogP contribution in [0.1, 0.15) is 18.9 Å². The smallest absolute Gasteiger partial charge is 0.196 e. The molecule has 0 spiro atoms. The molecule has 2 aromatic rings. The van der Waals surface area contributed by atoms with Gasteiger partial charge in [-0.1, -0.05) is 48.5 Å². The van der Waals surface area contributed by atoms with Crippen molar-refractivity contribution in [2.45, 2.75) is 25.2 Å². The van der Waals surface area contributed by atoms with Crippen molar-refractivity contribution in [3.8, 4) is 0 Å². The molecule has 2 heterocycles. The van der Waals surface area contributed by atoms with Gasteiger partial charge in [-0.3, -0.25) is 4.84 Å². The molecule has 3 atom stereocenters. The monoisotopic (exact) mass is 281 g/mol. The van der Waals surface area contributed by atoms with Gasteiger partial charge in [-0.15, -0.1) is 0 Å². The predicted molar refractivity (Wildman–Crippen MR) is 81.6 cm³/mol. The Labute approximate surface area is 125 Å². The summed E-state index contributed by atoms with van der Waals surface area (Å²) in [6.45, 7) is 2.91. The van der Waals surface area contributed by atoms with Crippen LogP contribution >= 0.6 is 0 Å². The van der Waals surface area contributed by atoms with E-state index in [4.69, 9.17) is 9.57 Å². The lowest BCUT2D eigenvalue weighted by molar-refractivity contribution is -0.0473. The molecule has 2 aliphatic heterocycles. The molecule has 0 aliphatic carbocycles. The maximum atomic E-state index is 6.29. The van der Waals surface area contributed by atoms with Gasteiger partial charge in [-0.05, 0) is 25.5 Å². The molecule has 0 radical (unpaired) electrons. The van der Waals surface area contributed by atoms with Gasteiger partial charge < -0.3 is 4.74 Å². The van der Waals surface area contributed by atoms with E-state index in [1.807, 2.05) is 29.3 Å². The molecular formula is C18H19NO2. The van der Waals surface area contributed by atoms with Crippen molar-refractivity contribution in [3.05, 3.63) is 66.2 Å². The first-order valence-corrected chi connectivity index (χ1v) is 7.54. The highest BCUT2D eigenvalue weighted by Crippen LogP contribution is 2.52. The maximum Gasteiger partial charge on any atom is 0.196 e. The first-order chi connectivity index (χ1) is 10.3. The Hall–Kier alpha value is -1.84. The summed E-state index contributed by atoms with van der Waals surface area (Å²) in [6, 6.07) is 20.7. The van der Waals surface area contributed by atoms with Crippen LogP contribution in [0.15, 0.2) is 60.7 Å². The Bertz CT molecular complexity index is 616. The fourth-order valence-corrected chi connectivity index (χ4v) is 3.63. The van der Waals surface area contributed by atoms with Gasteiger partial charge in [0.25, 0.3) is 0 Å². The maximum absolute atomic E-state index is 6.29. The molecule has 3 heteroatoms. The molecule has 0 N–H and O–H groups in total. The van der Waals surface area contributed by atoms with E-state index in [-0.39, 0.29) is 6.10 Å². The minimum absolute atomic E-state index is 0.146. The second-order valence-corrected chi connectivity index (χ2v) is 5.75. The lowest BCUT2D eigenvalue weighted by Crippen LogP contribution is -2.44. The van der Waals surface area contributed by atoms with Crippen LogP contribution in [0.5, 0.6) is 0 Å². The highest BCUT2D eigenvalue weighted by molar-refractivity contribution is 5.49. The van der Waals surface area contributed by atoms with Crippen molar-refractivity contribution in [3.63, 3.8) is 0 Å². The van der Waals surface area contributed by atoms with Crippen LogP contribution < -0.4 is 5.06 Å². The van der Waals surface area contributed by atoms with Gasteiger partial charge in [-0.2, -0.15) is 0 Å². The topological polar surface area (TPSA) is 21.7 Å². The average molecular weight is 281 g/mol. The van der Waals surface area contributed by atoms with E-state index in [1.165, 1.54) is 5.56 Å². The third kappa shape index (κ3) is 1.81. The van der Waals surface area contributed by atoms with E-state index in [2.05, 4.69) is 43.3 Å². The van der Waals surface area contributed by atoms with Crippen LogP contribution in [0.2, 0.25) is 0 Å². The minimum atomic E-state index is -0.498. The van der Waals surface area contributed by atoms with Crippen molar-refractivity contribution < 1.29 is 9.57 Å². The van der Waals surface area contributed by atoms with Crippen molar-refractivity contribution in [2.75, 3.05) is 11.7 Å². The molecule has 3 nitrogen and oxygen atoms in total. The second-order valence-electron chi connectivity index (χ2n) is 5.75. The number of nitrogens with zero attached hydrogens (tertiary/aromatic N) is 1. The first-order valence-electron chi connectivity index (χ1n) is 7.54. The van der Waals surface area contributed by atoms with E-state index in [0.29, 0.717) is 5.92 Å². The summed E-state index contributed by atoms with van der Waals surface area (Å²) in [4.78, 5) is 6.18. The summed E-state index contributed by atoms with van der Waals surface area (Å²) in [5.74, 6) is 0.347. The van der Waals surface area contributed by atoms with Gasteiger partial charge in [0.05, 0.1) is 18.4 Å². The minimum Gasteiger partial charge on any atom is -0.349 e. The quantitative estimate of drug-likeness (QED) is 0.837. The van der Waals surface area contributed by atoms with Crippen molar-refractivity contribution in [1.29, 1.82) is 0 Å². The lowest BCUT2D eigenvalue weighted by Gasteiger charge is -2.36. The number of anilines is 1. The Balaban J connectivity index is 1.86. The van der Waals surface area contributed by atoms with Gasteiger partial charge in [0, 0.05) is 11.5 Å². The van der Waals surface area contributed by atoms with Crippen molar-refractivity contribution in [1.82, 2.24) is 0 Å². The lowest BCUT2D eigenvalue weighted by atomic mass is 9.86. The molecule has 2 aromatic carbocycles. The normalized spacial score (nSPS) is 31.4. The number of hydrogen-bond acceptors (Lipinski definition) is 3. The van der Waals surface area contributed by atoms with Gasteiger partial charge in [-0.25, -0.2) is 5.06 Å². The number of hydrogen-bond donors (Lipinski definition) is 0. The highest BCUT2D eigenvalue weighted by Gasteiger charge is 2.59. The molecule has 2 fully saturated rings.